The summed E-state index contributed by atoms with van der Waals surface area (Å²) in [7, 11) is 0. The van der Waals surface area contributed by atoms with Crippen LogP contribution in [-0.2, 0) is 11.2 Å². The van der Waals surface area contributed by atoms with Gasteiger partial charge in [0.05, 0.1) is 0 Å². The standard InChI is InChI=1S/C16H20BrFO/c17-16-8-7-14(18)10-13(16)11-15(19)9-12-5-3-1-2-4-6-12/h7-8,10,12H,1-6,9,11H2. The molecule has 104 valence electrons. The van der Waals surface area contributed by atoms with Crippen LogP contribution in [-0.4, -0.2) is 5.78 Å². The Bertz CT molecular complexity index is 436. The monoisotopic (exact) mass is 326 g/mol. The van der Waals surface area contributed by atoms with Gasteiger partial charge in [-0.05, 0) is 29.7 Å². The van der Waals surface area contributed by atoms with Gasteiger partial charge in [-0.3, -0.25) is 4.79 Å². The number of rotatable bonds is 4. The maximum atomic E-state index is 13.2. The minimum atomic E-state index is -0.277. The van der Waals surface area contributed by atoms with Gasteiger partial charge in [0.2, 0.25) is 0 Å². The predicted octanol–water partition coefficient (Wildman–Crippen LogP) is 5.06. The molecule has 0 amide bonds. The summed E-state index contributed by atoms with van der Waals surface area (Å²) < 4.78 is 14.0. The van der Waals surface area contributed by atoms with Gasteiger partial charge in [0.1, 0.15) is 11.6 Å². The number of benzene rings is 1. The van der Waals surface area contributed by atoms with E-state index in [1.807, 2.05) is 0 Å². The molecule has 0 saturated heterocycles. The summed E-state index contributed by atoms with van der Waals surface area (Å²) >= 11 is 3.38. The highest BCUT2D eigenvalue weighted by molar-refractivity contribution is 9.10. The SMILES string of the molecule is O=C(Cc1cc(F)ccc1Br)CC1CCCCCC1. The van der Waals surface area contributed by atoms with Crippen molar-refractivity contribution in [3.8, 4) is 0 Å². The van der Waals surface area contributed by atoms with Gasteiger partial charge in [-0.1, -0.05) is 54.5 Å². The number of ketones is 1. The Kier molecular flexibility index (Phi) is 5.56. The highest BCUT2D eigenvalue weighted by Crippen LogP contribution is 2.27. The van der Waals surface area contributed by atoms with Crippen LogP contribution in [0.5, 0.6) is 0 Å². The van der Waals surface area contributed by atoms with E-state index in [9.17, 15) is 9.18 Å². The zero-order valence-corrected chi connectivity index (χ0v) is 12.7. The minimum Gasteiger partial charge on any atom is -0.299 e. The average Bonchev–Trinajstić information content (AvgIpc) is 2.62. The van der Waals surface area contributed by atoms with Crippen molar-refractivity contribution in [3.63, 3.8) is 0 Å². The molecular weight excluding hydrogens is 307 g/mol. The van der Waals surface area contributed by atoms with E-state index in [-0.39, 0.29) is 11.6 Å². The fraction of sp³-hybridized carbons (Fsp3) is 0.562. The summed E-state index contributed by atoms with van der Waals surface area (Å²) in [4.78, 5) is 12.1. The maximum Gasteiger partial charge on any atom is 0.137 e. The second-order valence-electron chi connectivity index (χ2n) is 5.51. The molecule has 0 bridgehead atoms. The Balaban J connectivity index is 1.91. The molecule has 0 aliphatic heterocycles. The van der Waals surface area contributed by atoms with Crippen molar-refractivity contribution >= 4 is 21.7 Å². The lowest BCUT2D eigenvalue weighted by atomic mass is 9.92. The molecule has 0 atom stereocenters. The molecule has 0 heterocycles. The van der Waals surface area contributed by atoms with E-state index in [0.29, 0.717) is 18.8 Å². The molecule has 0 N–H and O–H groups in total. The molecule has 2 rings (SSSR count). The third-order valence-corrected chi connectivity index (χ3v) is 4.66. The molecule has 1 aromatic rings. The van der Waals surface area contributed by atoms with E-state index < -0.39 is 0 Å². The smallest absolute Gasteiger partial charge is 0.137 e. The molecule has 1 fully saturated rings. The summed E-state index contributed by atoms with van der Waals surface area (Å²) in [5, 5.41) is 0. The lowest BCUT2D eigenvalue weighted by Gasteiger charge is -2.13. The zero-order valence-electron chi connectivity index (χ0n) is 11.1. The van der Waals surface area contributed by atoms with Gasteiger partial charge in [0.25, 0.3) is 0 Å². The number of hydrogen-bond acceptors (Lipinski definition) is 1. The molecule has 3 heteroatoms. The predicted molar refractivity (Wildman–Crippen MR) is 78.6 cm³/mol. The van der Waals surface area contributed by atoms with Crippen molar-refractivity contribution in [2.24, 2.45) is 5.92 Å². The van der Waals surface area contributed by atoms with Crippen molar-refractivity contribution in [3.05, 3.63) is 34.1 Å². The molecule has 1 aliphatic rings. The van der Waals surface area contributed by atoms with Crippen molar-refractivity contribution in [1.29, 1.82) is 0 Å². The average molecular weight is 327 g/mol. The lowest BCUT2D eigenvalue weighted by molar-refractivity contribution is -0.119. The third-order valence-electron chi connectivity index (χ3n) is 3.89. The van der Waals surface area contributed by atoms with Crippen molar-refractivity contribution in [2.75, 3.05) is 0 Å². The van der Waals surface area contributed by atoms with Gasteiger partial charge < -0.3 is 0 Å². The fourth-order valence-corrected chi connectivity index (χ4v) is 3.24. The fourth-order valence-electron chi connectivity index (χ4n) is 2.85. The van der Waals surface area contributed by atoms with Gasteiger partial charge in [-0.15, -0.1) is 0 Å². The summed E-state index contributed by atoms with van der Waals surface area (Å²) in [6, 6.07) is 4.53. The molecule has 1 saturated carbocycles. The molecule has 1 aliphatic carbocycles. The molecule has 1 aromatic carbocycles. The van der Waals surface area contributed by atoms with E-state index in [4.69, 9.17) is 0 Å². The Morgan fingerprint density at radius 1 is 1.21 bits per heavy atom. The van der Waals surface area contributed by atoms with Crippen LogP contribution in [0.2, 0.25) is 0 Å². The molecule has 1 nitrogen and oxygen atoms in total. The first-order chi connectivity index (χ1) is 9.15. The van der Waals surface area contributed by atoms with Crippen LogP contribution >= 0.6 is 15.9 Å². The molecule has 19 heavy (non-hydrogen) atoms. The van der Waals surface area contributed by atoms with Gasteiger partial charge in [0, 0.05) is 17.3 Å². The van der Waals surface area contributed by atoms with Crippen molar-refractivity contribution < 1.29 is 9.18 Å². The van der Waals surface area contributed by atoms with E-state index in [0.717, 1.165) is 10.0 Å². The van der Waals surface area contributed by atoms with E-state index in [1.54, 1.807) is 6.07 Å². The lowest BCUT2D eigenvalue weighted by Crippen LogP contribution is -2.11. The number of Topliss-reactive ketones (excluding diaryl/α,β-unsaturated/α-hetero) is 1. The summed E-state index contributed by atoms with van der Waals surface area (Å²) in [5.41, 5.74) is 0.763. The van der Waals surface area contributed by atoms with Crippen LogP contribution in [0.3, 0.4) is 0 Å². The molecule has 0 spiro atoms. The largest absolute Gasteiger partial charge is 0.299 e. The van der Waals surface area contributed by atoms with Crippen LogP contribution in [0, 0.1) is 11.7 Å². The maximum absolute atomic E-state index is 13.2. The van der Waals surface area contributed by atoms with E-state index >= 15 is 0 Å². The topological polar surface area (TPSA) is 17.1 Å². The van der Waals surface area contributed by atoms with E-state index in [1.165, 1.54) is 50.7 Å². The Labute approximate surface area is 122 Å². The van der Waals surface area contributed by atoms with Crippen LogP contribution in [0.25, 0.3) is 0 Å². The van der Waals surface area contributed by atoms with Crippen LogP contribution in [0.1, 0.15) is 50.5 Å². The first-order valence-electron chi connectivity index (χ1n) is 7.11. The summed E-state index contributed by atoms with van der Waals surface area (Å²) in [5.74, 6) is 0.501. The molecular formula is C16H20BrFO. The van der Waals surface area contributed by atoms with E-state index in [2.05, 4.69) is 15.9 Å². The quantitative estimate of drug-likeness (QED) is 0.707. The Morgan fingerprint density at radius 2 is 1.89 bits per heavy atom. The normalized spacial score (nSPS) is 17.2. The highest BCUT2D eigenvalue weighted by Gasteiger charge is 2.17. The molecule has 0 radical (unpaired) electrons. The summed E-state index contributed by atoms with van der Waals surface area (Å²) in [6.07, 6.45) is 8.47. The molecule has 0 unspecified atom stereocenters. The highest BCUT2D eigenvalue weighted by atomic mass is 79.9. The zero-order chi connectivity index (χ0) is 13.7. The van der Waals surface area contributed by atoms with Crippen molar-refractivity contribution in [1.82, 2.24) is 0 Å². The minimum absolute atomic E-state index is 0.234. The summed E-state index contributed by atoms with van der Waals surface area (Å²) in [6.45, 7) is 0. The second kappa shape index (κ2) is 7.18. The van der Waals surface area contributed by atoms with Gasteiger partial charge >= 0.3 is 0 Å². The Morgan fingerprint density at radius 3 is 2.58 bits per heavy atom. The third kappa shape index (κ3) is 4.72. The van der Waals surface area contributed by atoms with Crippen LogP contribution < -0.4 is 0 Å². The first kappa shape index (κ1) is 14.7. The molecule has 0 aromatic heterocycles. The Hall–Kier alpha value is -0.700. The number of halogens is 2. The number of carbonyl (C=O) groups is 1. The number of carbonyl (C=O) groups excluding carboxylic acids is 1. The van der Waals surface area contributed by atoms with Gasteiger partial charge in [-0.2, -0.15) is 0 Å². The van der Waals surface area contributed by atoms with Crippen LogP contribution in [0.4, 0.5) is 4.39 Å². The second-order valence-corrected chi connectivity index (χ2v) is 6.37. The van der Waals surface area contributed by atoms with Gasteiger partial charge in [-0.25, -0.2) is 4.39 Å². The van der Waals surface area contributed by atoms with Crippen LogP contribution in [0.15, 0.2) is 22.7 Å². The van der Waals surface area contributed by atoms with Crippen molar-refractivity contribution in [2.45, 2.75) is 51.4 Å². The number of hydrogen-bond donors (Lipinski definition) is 0. The first-order valence-corrected chi connectivity index (χ1v) is 7.90. The van der Waals surface area contributed by atoms with Gasteiger partial charge in [0.15, 0.2) is 0 Å².